The average molecular weight is 270 g/mol. The van der Waals surface area contributed by atoms with Crippen molar-refractivity contribution in [2.75, 3.05) is 12.9 Å². The lowest BCUT2D eigenvalue weighted by molar-refractivity contribution is 0.0594. The van der Waals surface area contributed by atoms with Gasteiger partial charge in [-0.1, -0.05) is 24.6 Å². The predicted octanol–water partition coefficient (Wildman–Crippen LogP) is 1.84. The first-order valence-corrected chi connectivity index (χ1v) is 7.13. The van der Waals surface area contributed by atoms with Gasteiger partial charge in [-0.15, -0.1) is 0 Å². The maximum Gasteiger partial charge on any atom is 0.356 e. The second-order valence-electron chi connectivity index (χ2n) is 4.52. The van der Waals surface area contributed by atoms with Gasteiger partial charge in [0.25, 0.3) is 0 Å². The van der Waals surface area contributed by atoms with E-state index in [2.05, 4.69) is 14.7 Å². The number of methoxy groups -OCH3 is 1. The fraction of sp³-hybridized carbons (Fsp3) is 0.667. The van der Waals surface area contributed by atoms with Gasteiger partial charge >= 0.3 is 5.97 Å². The van der Waals surface area contributed by atoms with Crippen LogP contribution in [-0.2, 0) is 4.74 Å². The fourth-order valence-electron chi connectivity index (χ4n) is 2.16. The molecule has 2 rings (SSSR count). The van der Waals surface area contributed by atoms with Crippen LogP contribution in [-0.4, -0.2) is 40.0 Å². The van der Waals surface area contributed by atoms with Crippen molar-refractivity contribution in [1.82, 2.24) is 9.97 Å². The number of aliphatic hydroxyl groups is 1. The summed E-state index contributed by atoms with van der Waals surface area (Å²) in [5.41, 5.74) is 0.365. The second kappa shape index (κ2) is 6.24. The molecule has 1 aliphatic rings. The summed E-state index contributed by atoms with van der Waals surface area (Å²) in [6.07, 6.45) is 5.56. The van der Waals surface area contributed by atoms with Gasteiger partial charge in [0.2, 0.25) is 0 Å². The van der Waals surface area contributed by atoms with E-state index in [1.54, 1.807) is 11.8 Å². The summed E-state index contributed by atoms with van der Waals surface area (Å²) in [6, 6.07) is 0. The number of hydrogen-bond donors (Lipinski definition) is 2. The first-order chi connectivity index (χ1) is 8.70. The van der Waals surface area contributed by atoms with Crippen LogP contribution in [0.1, 0.15) is 36.2 Å². The summed E-state index contributed by atoms with van der Waals surface area (Å²) < 4.78 is 4.60. The van der Waals surface area contributed by atoms with E-state index >= 15 is 0 Å². The third kappa shape index (κ3) is 3.26. The summed E-state index contributed by atoms with van der Waals surface area (Å²) >= 11 is 1.54. The van der Waals surface area contributed by atoms with Gasteiger partial charge in [0.15, 0.2) is 5.16 Å². The molecule has 2 unspecified atom stereocenters. The Kier molecular flexibility index (Phi) is 4.66. The first-order valence-electron chi connectivity index (χ1n) is 6.15. The Balaban J connectivity index is 1.86. The Labute approximate surface area is 110 Å². The van der Waals surface area contributed by atoms with E-state index in [-0.39, 0.29) is 6.10 Å². The lowest BCUT2D eigenvalue weighted by Crippen LogP contribution is -2.26. The molecule has 1 aliphatic carbocycles. The number of ether oxygens (including phenoxy) is 1. The lowest BCUT2D eigenvalue weighted by atomic mass is 9.88. The maximum atomic E-state index is 11.2. The van der Waals surface area contributed by atoms with Crippen molar-refractivity contribution < 1.29 is 14.6 Å². The summed E-state index contributed by atoms with van der Waals surface area (Å²) in [5.74, 6) is 0.748. The summed E-state index contributed by atoms with van der Waals surface area (Å²) in [7, 11) is 1.34. The zero-order valence-corrected chi connectivity index (χ0v) is 11.2. The quantitative estimate of drug-likeness (QED) is 0.645. The van der Waals surface area contributed by atoms with Crippen molar-refractivity contribution >= 4 is 17.7 Å². The topological polar surface area (TPSA) is 75.2 Å². The van der Waals surface area contributed by atoms with Gasteiger partial charge in [0, 0.05) is 5.75 Å². The van der Waals surface area contributed by atoms with Crippen molar-refractivity contribution in [3.05, 3.63) is 11.9 Å². The van der Waals surface area contributed by atoms with Crippen LogP contribution < -0.4 is 0 Å². The van der Waals surface area contributed by atoms with Gasteiger partial charge in [-0.3, -0.25) is 0 Å². The molecule has 0 amide bonds. The highest BCUT2D eigenvalue weighted by atomic mass is 32.2. The van der Waals surface area contributed by atoms with E-state index in [9.17, 15) is 9.90 Å². The molecular weight excluding hydrogens is 252 g/mol. The lowest BCUT2D eigenvalue weighted by Gasteiger charge is -2.26. The Hall–Kier alpha value is -1.01. The molecule has 0 saturated heterocycles. The molecule has 1 aromatic heterocycles. The summed E-state index contributed by atoms with van der Waals surface area (Å²) in [5, 5.41) is 10.6. The molecule has 0 radical (unpaired) electrons. The Bertz CT molecular complexity index is 408. The zero-order valence-electron chi connectivity index (χ0n) is 10.4. The molecule has 2 N–H and O–H groups in total. The van der Waals surface area contributed by atoms with Crippen molar-refractivity contribution in [3.63, 3.8) is 0 Å². The van der Waals surface area contributed by atoms with Crippen LogP contribution in [0.15, 0.2) is 11.4 Å². The number of thioether (sulfide) groups is 1. The highest BCUT2D eigenvalue weighted by molar-refractivity contribution is 7.99. The van der Waals surface area contributed by atoms with Gasteiger partial charge in [0.1, 0.15) is 5.69 Å². The van der Waals surface area contributed by atoms with Crippen LogP contribution in [0.4, 0.5) is 0 Å². The second-order valence-corrected chi connectivity index (χ2v) is 5.53. The van der Waals surface area contributed by atoms with Crippen molar-refractivity contribution in [1.29, 1.82) is 0 Å². The molecular formula is C12H18N2O3S. The summed E-state index contributed by atoms with van der Waals surface area (Å²) in [4.78, 5) is 18.3. The molecule has 0 bridgehead atoms. The summed E-state index contributed by atoms with van der Waals surface area (Å²) in [6.45, 7) is 0. The number of carbonyl (C=O) groups excluding carboxylic acids is 1. The van der Waals surface area contributed by atoms with Gasteiger partial charge in [-0.25, -0.2) is 9.78 Å². The number of nitrogens with one attached hydrogen (secondary N) is 1. The predicted molar refractivity (Wildman–Crippen MR) is 68.6 cm³/mol. The minimum atomic E-state index is -0.410. The van der Waals surface area contributed by atoms with E-state index in [0.717, 1.165) is 25.0 Å². The molecule has 18 heavy (non-hydrogen) atoms. The van der Waals surface area contributed by atoms with Gasteiger partial charge < -0.3 is 14.8 Å². The molecule has 6 heteroatoms. The number of esters is 1. The molecule has 5 nitrogen and oxygen atoms in total. The van der Waals surface area contributed by atoms with Crippen LogP contribution in [0.2, 0.25) is 0 Å². The third-order valence-electron chi connectivity index (χ3n) is 3.26. The molecule has 0 aliphatic heterocycles. The average Bonchev–Trinajstić information content (AvgIpc) is 2.86. The van der Waals surface area contributed by atoms with Crippen molar-refractivity contribution in [2.24, 2.45) is 5.92 Å². The minimum Gasteiger partial charge on any atom is -0.464 e. The number of aliphatic hydroxyl groups excluding tert-OH is 1. The van der Waals surface area contributed by atoms with E-state index in [1.807, 2.05) is 0 Å². The highest BCUT2D eigenvalue weighted by Gasteiger charge is 2.23. The number of carbonyl (C=O) groups is 1. The van der Waals surface area contributed by atoms with Crippen LogP contribution in [0.25, 0.3) is 0 Å². The van der Waals surface area contributed by atoms with Gasteiger partial charge in [-0.05, 0) is 18.8 Å². The number of imidazole rings is 1. The van der Waals surface area contributed by atoms with E-state index in [4.69, 9.17) is 0 Å². The molecule has 1 fully saturated rings. The zero-order chi connectivity index (χ0) is 13.0. The number of hydrogen-bond acceptors (Lipinski definition) is 5. The molecule has 100 valence electrons. The SMILES string of the molecule is COC(=O)c1cnc(SCC2CCCCC2O)[nH]1. The molecule has 0 aromatic carbocycles. The molecule has 0 spiro atoms. The number of aromatic nitrogens is 2. The molecule has 1 heterocycles. The number of rotatable bonds is 4. The van der Waals surface area contributed by atoms with E-state index in [0.29, 0.717) is 16.8 Å². The smallest absolute Gasteiger partial charge is 0.356 e. The molecule has 1 saturated carbocycles. The van der Waals surface area contributed by atoms with Crippen molar-refractivity contribution in [3.8, 4) is 0 Å². The van der Waals surface area contributed by atoms with Crippen LogP contribution in [0.3, 0.4) is 0 Å². The van der Waals surface area contributed by atoms with E-state index in [1.165, 1.54) is 19.7 Å². The molecule has 2 atom stereocenters. The van der Waals surface area contributed by atoms with Gasteiger partial charge in [-0.2, -0.15) is 0 Å². The standard InChI is InChI=1S/C12H18N2O3S/c1-17-11(16)9-6-13-12(14-9)18-7-8-4-2-3-5-10(8)15/h6,8,10,15H,2-5,7H2,1H3,(H,13,14). The number of nitrogens with zero attached hydrogens (tertiary/aromatic N) is 1. The molecule has 1 aromatic rings. The third-order valence-corrected chi connectivity index (χ3v) is 4.34. The maximum absolute atomic E-state index is 11.2. The fourth-order valence-corrected chi connectivity index (χ4v) is 3.23. The number of H-pyrrole nitrogens is 1. The Morgan fingerprint density at radius 1 is 1.61 bits per heavy atom. The monoisotopic (exact) mass is 270 g/mol. The Morgan fingerprint density at radius 2 is 2.39 bits per heavy atom. The normalized spacial score (nSPS) is 23.9. The number of aromatic amines is 1. The van der Waals surface area contributed by atoms with E-state index < -0.39 is 5.97 Å². The first kappa shape index (κ1) is 13.4. The largest absolute Gasteiger partial charge is 0.464 e. The minimum absolute atomic E-state index is 0.193. The van der Waals surface area contributed by atoms with Crippen LogP contribution >= 0.6 is 11.8 Å². The van der Waals surface area contributed by atoms with Gasteiger partial charge in [0.05, 0.1) is 19.4 Å². The van der Waals surface area contributed by atoms with Crippen LogP contribution in [0.5, 0.6) is 0 Å². The van der Waals surface area contributed by atoms with Crippen LogP contribution in [0, 0.1) is 5.92 Å². The Morgan fingerprint density at radius 3 is 3.11 bits per heavy atom. The van der Waals surface area contributed by atoms with Crippen molar-refractivity contribution in [2.45, 2.75) is 36.9 Å². The highest BCUT2D eigenvalue weighted by Crippen LogP contribution is 2.29.